The van der Waals surface area contributed by atoms with E-state index in [1.807, 2.05) is 13.8 Å². The standard InChI is InChI=1S/C12H12N4O2/c1-7-5-14-6-8(2)11(7)9-3-4-10(16(17)18)12(13)15-9/h3-6H,1-2H3,(H2,13,15). The molecule has 2 heterocycles. The van der Waals surface area contributed by atoms with Gasteiger partial charge in [0.1, 0.15) is 0 Å². The molecule has 6 heteroatoms. The summed E-state index contributed by atoms with van der Waals surface area (Å²) in [5.41, 5.74) is 8.85. The van der Waals surface area contributed by atoms with E-state index in [0.717, 1.165) is 16.7 Å². The van der Waals surface area contributed by atoms with Gasteiger partial charge in [0, 0.05) is 24.0 Å². The van der Waals surface area contributed by atoms with Crippen LogP contribution in [0.5, 0.6) is 0 Å². The van der Waals surface area contributed by atoms with Crippen molar-refractivity contribution in [3.05, 3.63) is 45.8 Å². The summed E-state index contributed by atoms with van der Waals surface area (Å²) in [7, 11) is 0. The maximum Gasteiger partial charge on any atom is 0.311 e. The van der Waals surface area contributed by atoms with Crippen LogP contribution in [-0.2, 0) is 0 Å². The average molecular weight is 244 g/mol. The summed E-state index contributed by atoms with van der Waals surface area (Å²) in [6, 6.07) is 2.97. The summed E-state index contributed by atoms with van der Waals surface area (Å²) in [6.07, 6.45) is 3.45. The molecule has 6 nitrogen and oxygen atoms in total. The molecule has 0 saturated carbocycles. The van der Waals surface area contributed by atoms with Gasteiger partial charge in [0.2, 0.25) is 5.82 Å². The Kier molecular flexibility index (Phi) is 2.93. The number of nitro groups is 1. The summed E-state index contributed by atoms with van der Waals surface area (Å²) in [4.78, 5) is 18.3. The number of nitrogens with two attached hydrogens (primary N) is 1. The second-order valence-electron chi connectivity index (χ2n) is 4.01. The van der Waals surface area contributed by atoms with Crippen LogP contribution in [0.1, 0.15) is 11.1 Å². The first-order chi connectivity index (χ1) is 8.50. The van der Waals surface area contributed by atoms with Gasteiger partial charge in [0.25, 0.3) is 0 Å². The molecule has 2 N–H and O–H groups in total. The van der Waals surface area contributed by atoms with Crippen molar-refractivity contribution in [3.63, 3.8) is 0 Å². The topological polar surface area (TPSA) is 94.9 Å². The van der Waals surface area contributed by atoms with Crippen LogP contribution >= 0.6 is 0 Å². The monoisotopic (exact) mass is 244 g/mol. The molecule has 0 spiro atoms. The smallest absolute Gasteiger partial charge is 0.311 e. The molecule has 0 aliphatic carbocycles. The summed E-state index contributed by atoms with van der Waals surface area (Å²) < 4.78 is 0. The first-order valence-electron chi connectivity index (χ1n) is 5.33. The molecule has 0 saturated heterocycles. The molecule has 0 radical (unpaired) electrons. The Hall–Kier alpha value is -2.50. The number of nitrogens with zero attached hydrogens (tertiary/aromatic N) is 3. The predicted octanol–water partition coefficient (Wildman–Crippen LogP) is 2.25. The third kappa shape index (κ3) is 2.00. The Bertz CT molecular complexity index is 605. The Balaban J connectivity index is 2.59. The van der Waals surface area contributed by atoms with E-state index in [-0.39, 0.29) is 11.5 Å². The molecule has 18 heavy (non-hydrogen) atoms. The fraction of sp³-hybridized carbons (Fsp3) is 0.167. The summed E-state index contributed by atoms with van der Waals surface area (Å²) in [5, 5.41) is 10.7. The molecular formula is C12H12N4O2. The lowest BCUT2D eigenvalue weighted by Gasteiger charge is -2.08. The van der Waals surface area contributed by atoms with E-state index in [0.29, 0.717) is 5.69 Å². The van der Waals surface area contributed by atoms with Crippen LogP contribution < -0.4 is 5.73 Å². The molecule has 0 unspecified atom stereocenters. The molecule has 0 aliphatic rings. The van der Waals surface area contributed by atoms with Crippen LogP contribution in [0.3, 0.4) is 0 Å². The predicted molar refractivity (Wildman–Crippen MR) is 68.0 cm³/mol. The van der Waals surface area contributed by atoms with E-state index < -0.39 is 4.92 Å². The zero-order chi connectivity index (χ0) is 13.3. The highest BCUT2D eigenvalue weighted by molar-refractivity contribution is 5.70. The SMILES string of the molecule is Cc1cncc(C)c1-c1ccc([N+](=O)[O-])c(N)n1. The molecule has 0 amide bonds. The maximum atomic E-state index is 10.7. The Morgan fingerprint density at radius 2 is 1.83 bits per heavy atom. The molecule has 2 rings (SSSR count). The molecule has 0 aliphatic heterocycles. The lowest BCUT2D eigenvalue weighted by atomic mass is 10.0. The second-order valence-corrected chi connectivity index (χ2v) is 4.01. The Morgan fingerprint density at radius 3 is 2.33 bits per heavy atom. The highest BCUT2D eigenvalue weighted by Crippen LogP contribution is 2.28. The largest absolute Gasteiger partial charge is 0.378 e. The highest BCUT2D eigenvalue weighted by atomic mass is 16.6. The summed E-state index contributed by atoms with van der Waals surface area (Å²) >= 11 is 0. The number of hydrogen-bond donors (Lipinski definition) is 1. The molecular weight excluding hydrogens is 232 g/mol. The molecule has 0 fully saturated rings. The van der Waals surface area contributed by atoms with Gasteiger partial charge in [-0.3, -0.25) is 15.1 Å². The van der Waals surface area contributed by atoms with E-state index in [1.165, 1.54) is 6.07 Å². The van der Waals surface area contributed by atoms with E-state index in [1.54, 1.807) is 18.5 Å². The zero-order valence-electron chi connectivity index (χ0n) is 10.0. The van der Waals surface area contributed by atoms with E-state index in [9.17, 15) is 10.1 Å². The molecule has 0 atom stereocenters. The maximum absolute atomic E-state index is 10.7. The summed E-state index contributed by atoms with van der Waals surface area (Å²) in [5.74, 6) is -0.0758. The van der Waals surface area contributed by atoms with Gasteiger partial charge >= 0.3 is 5.69 Å². The van der Waals surface area contributed by atoms with Crippen LogP contribution in [0.25, 0.3) is 11.3 Å². The lowest BCUT2D eigenvalue weighted by Crippen LogP contribution is -2.00. The summed E-state index contributed by atoms with van der Waals surface area (Å²) in [6.45, 7) is 3.82. The third-order valence-electron chi connectivity index (χ3n) is 2.68. The van der Waals surface area contributed by atoms with Crippen molar-refractivity contribution < 1.29 is 4.92 Å². The van der Waals surface area contributed by atoms with Gasteiger partial charge < -0.3 is 5.73 Å². The van der Waals surface area contributed by atoms with Crippen LogP contribution in [0.15, 0.2) is 24.5 Å². The van der Waals surface area contributed by atoms with Crippen LogP contribution in [0, 0.1) is 24.0 Å². The van der Waals surface area contributed by atoms with Crippen molar-refractivity contribution in [1.29, 1.82) is 0 Å². The van der Waals surface area contributed by atoms with Gasteiger partial charge in [-0.05, 0) is 31.0 Å². The van der Waals surface area contributed by atoms with Gasteiger partial charge in [0.05, 0.1) is 10.6 Å². The normalized spacial score (nSPS) is 10.3. The van der Waals surface area contributed by atoms with Gasteiger partial charge in [-0.25, -0.2) is 4.98 Å². The minimum Gasteiger partial charge on any atom is -0.378 e. The number of aromatic nitrogens is 2. The number of hydrogen-bond acceptors (Lipinski definition) is 5. The number of nitrogen functional groups attached to an aromatic ring is 1. The number of pyridine rings is 2. The van der Waals surface area contributed by atoms with Crippen molar-refractivity contribution in [1.82, 2.24) is 9.97 Å². The van der Waals surface area contributed by atoms with Crippen LogP contribution in [-0.4, -0.2) is 14.9 Å². The molecule has 0 bridgehead atoms. The third-order valence-corrected chi connectivity index (χ3v) is 2.68. The fourth-order valence-corrected chi connectivity index (χ4v) is 1.87. The van der Waals surface area contributed by atoms with E-state index >= 15 is 0 Å². The molecule has 2 aromatic rings. The zero-order valence-corrected chi connectivity index (χ0v) is 10.0. The van der Waals surface area contributed by atoms with Crippen LogP contribution in [0.2, 0.25) is 0 Å². The molecule has 0 aromatic carbocycles. The fourth-order valence-electron chi connectivity index (χ4n) is 1.87. The number of aryl methyl sites for hydroxylation is 2. The Labute approximate surface area is 104 Å². The van der Waals surface area contributed by atoms with E-state index in [2.05, 4.69) is 9.97 Å². The van der Waals surface area contributed by atoms with Crippen molar-refractivity contribution in [3.8, 4) is 11.3 Å². The quantitative estimate of drug-likeness (QED) is 0.645. The highest BCUT2D eigenvalue weighted by Gasteiger charge is 2.15. The van der Waals surface area contributed by atoms with Gasteiger partial charge in [-0.15, -0.1) is 0 Å². The number of rotatable bonds is 2. The van der Waals surface area contributed by atoms with Crippen molar-refractivity contribution in [2.24, 2.45) is 0 Å². The van der Waals surface area contributed by atoms with Gasteiger partial charge in [0.15, 0.2) is 0 Å². The lowest BCUT2D eigenvalue weighted by molar-refractivity contribution is -0.384. The van der Waals surface area contributed by atoms with E-state index in [4.69, 9.17) is 5.73 Å². The van der Waals surface area contributed by atoms with Crippen LogP contribution in [0.4, 0.5) is 11.5 Å². The van der Waals surface area contributed by atoms with Crippen molar-refractivity contribution in [2.45, 2.75) is 13.8 Å². The number of anilines is 1. The molecule has 92 valence electrons. The average Bonchev–Trinajstić information content (AvgIpc) is 2.28. The van der Waals surface area contributed by atoms with Gasteiger partial charge in [-0.1, -0.05) is 0 Å². The Morgan fingerprint density at radius 1 is 1.22 bits per heavy atom. The molecule has 2 aromatic heterocycles. The first-order valence-corrected chi connectivity index (χ1v) is 5.33. The first kappa shape index (κ1) is 12.0. The van der Waals surface area contributed by atoms with Crippen molar-refractivity contribution in [2.75, 3.05) is 5.73 Å². The minimum absolute atomic E-state index is 0.0758. The van der Waals surface area contributed by atoms with Gasteiger partial charge in [-0.2, -0.15) is 0 Å². The second kappa shape index (κ2) is 4.40. The van der Waals surface area contributed by atoms with Crippen molar-refractivity contribution >= 4 is 11.5 Å². The minimum atomic E-state index is -0.543.